The van der Waals surface area contributed by atoms with E-state index in [0.717, 1.165) is 0 Å². The van der Waals surface area contributed by atoms with Gasteiger partial charge in [-0.15, -0.1) is 0 Å². The molecule has 0 aliphatic heterocycles. The number of hydrogen-bond donors (Lipinski definition) is 2. The maximum atomic E-state index is 12.8. The molecule has 8 heteroatoms. The van der Waals surface area contributed by atoms with Crippen LogP contribution in [-0.4, -0.2) is 23.9 Å². The Labute approximate surface area is 171 Å². The summed E-state index contributed by atoms with van der Waals surface area (Å²) in [5.41, 5.74) is 1.72. The number of nitrogens with one attached hydrogen (secondary N) is 2. The monoisotopic (exact) mass is 417 g/mol. The number of pyridine rings is 1. The van der Waals surface area contributed by atoms with E-state index in [0.29, 0.717) is 39.5 Å². The van der Waals surface area contributed by atoms with Crippen LogP contribution in [-0.2, 0) is 4.79 Å². The quantitative estimate of drug-likeness (QED) is 0.562. The Morgan fingerprint density at radius 1 is 1.07 bits per heavy atom. The first-order valence-corrected chi connectivity index (χ1v) is 9.22. The lowest BCUT2D eigenvalue weighted by Crippen LogP contribution is -2.14. The molecule has 2 aromatic carbocycles. The Bertz CT molecular complexity index is 1070. The van der Waals surface area contributed by atoms with E-state index in [1.807, 2.05) is 0 Å². The lowest BCUT2D eigenvalue weighted by molar-refractivity contribution is -0.115. The van der Waals surface area contributed by atoms with Crippen LogP contribution in [0.2, 0.25) is 10.2 Å². The number of ether oxygens (including phenoxy) is 1. The van der Waals surface area contributed by atoms with Gasteiger partial charge < -0.3 is 15.4 Å². The number of halogens is 2. The number of rotatable bonds is 5. The van der Waals surface area contributed by atoms with Gasteiger partial charge in [0.25, 0.3) is 5.91 Å². The maximum Gasteiger partial charge on any atom is 0.258 e. The molecule has 3 rings (SSSR count). The van der Waals surface area contributed by atoms with Crippen LogP contribution in [0.3, 0.4) is 0 Å². The highest BCUT2D eigenvalue weighted by Gasteiger charge is 2.16. The first kappa shape index (κ1) is 19.9. The van der Waals surface area contributed by atoms with Gasteiger partial charge in [0, 0.05) is 17.5 Å². The molecule has 1 heterocycles. The fraction of sp³-hybridized carbons (Fsp3) is 0.150. The largest absolute Gasteiger partial charge is 0.497 e. The molecule has 2 N–H and O–H groups in total. The second-order valence-corrected chi connectivity index (χ2v) is 6.70. The summed E-state index contributed by atoms with van der Waals surface area (Å²) >= 11 is 12.4. The van der Waals surface area contributed by atoms with E-state index >= 15 is 0 Å². The smallest absolute Gasteiger partial charge is 0.258 e. The summed E-state index contributed by atoms with van der Waals surface area (Å²) in [7, 11) is 1.56. The van der Waals surface area contributed by atoms with Gasteiger partial charge in [0.05, 0.1) is 28.9 Å². The zero-order chi connectivity index (χ0) is 20.3. The first-order chi connectivity index (χ1) is 13.4. The average Bonchev–Trinajstić information content (AvgIpc) is 2.69. The number of benzene rings is 2. The number of anilines is 2. The number of amides is 2. The van der Waals surface area contributed by atoms with Crippen LogP contribution in [0.4, 0.5) is 11.4 Å². The second-order valence-electron chi connectivity index (χ2n) is 5.94. The molecule has 0 bridgehead atoms. The number of aromatic nitrogens is 1. The van der Waals surface area contributed by atoms with E-state index < -0.39 is 5.91 Å². The van der Waals surface area contributed by atoms with Crippen molar-refractivity contribution in [3.05, 3.63) is 58.2 Å². The number of hydrogen-bond acceptors (Lipinski definition) is 4. The van der Waals surface area contributed by atoms with Crippen molar-refractivity contribution < 1.29 is 14.3 Å². The molecule has 0 aliphatic carbocycles. The molecule has 0 aliphatic rings. The SMILES string of the molecule is CCC(=O)Nc1ccc(Cl)c(NC(=O)c2cc3cc(OC)ccc3nc2Cl)c1. The zero-order valence-electron chi connectivity index (χ0n) is 15.2. The number of fused-ring (bicyclic) bond motifs is 1. The number of methoxy groups -OCH3 is 1. The molecule has 144 valence electrons. The van der Waals surface area contributed by atoms with Crippen molar-refractivity contribution in [1.29, 1.82) is 0 Å². The molecule has 0 unspecified atom stereocenters. The minimum atomic E-state index is -0.469. The maximum absolute atomic E-state index is 12.8. The van der Waals surface area contributed by atoms with Gasteiger partial charge in [0.15, 0.2) is 0 Å². The Balaban J connectivity index is 1.91. The third-order valence-electron chi connectivity index (χ3n) is 4.04. The molecule has 3 aromatic rings. The highest BCUT2D eigenvalue weighted by atomic mass is 35.5. The zero-order valence-corrected chi connectivity index (χ0v) is 16.7. The predicted molar refractivity (Wildman–Crippen MR) is 112 cm³/mol. The van der Waals surface area contributed by atoms with Crippen LogP contribution in [0.5, 0.6) is 5.75 Å². The van der Waals surface area contributed by atoms with Crippen molar-refractivity contribution >= 4 is 57.3 Å². The third kappa shape index (κ3) is 4.35. The summed E-state index contributed by atoms with van der Waals surface area (Å²) in [6, 6.07) is 11.8. The fourth-order valence-electron chi connectivity index (χ4n) is 2.56. The van der Waals surface area contributed by atoms with E-state index in [4.69, 9.17) is 27.9 Å². The van der Waals surface area contributed by atoms with Crippen LogP contribution in [0.15, 0.2) is 42.5 Å². The summed E-state index contributed by atoms with van der Waals surface area (Å²) in [6.07, 6.45) is 0.339. The minimum Gasteiger partial charge on any atom is -0.497 e. The third-order valence-corrected chi connectivity index (χ3v) is 4.66. The molecule has 0 radical (unpaired) electrons. The highest BCUT2D eigenvalue weighted by molar-refractivity contribution is 6.35. The fourth-order valence-corrected chi connectivity index (χ4v) is 2.95. The van der Waals surface area contributed by atoms with Gasteiger partial charge >= 0.3 is 0 Å². The standard InChI is InChI=1S/C20H17Cl2N3O3/c1-3-18(26)23-12-4-6-15(21)17(10-12)25-20(27)14-9-11-8-13(28-2)5-7-16(11)24-19(14)22/h4-10H,3H2,1-2H3,(H,23,26)(H,25,27). The molecule has 0 atom stereocenters. The Morgan fingerprint density at radius 2 is 1.86 bits per heavy atom. The number of nitrogens with zero attached hydrogens (tertiary/aromatic N) is 1. The van der Waals surface area contributed by atoms with E-state index in [9.17, 15) is 9.59 Å². The lowest BCUT2D eigenvalue weighted by Gasteiger charge is -2.12. The lowest BCUT2D eigenvalue weighted by atomic mass is 10.1. The van der Waals surface area contributed by atoms with Crippen LogP contribution >= 0.6 is 23.2 Å². The van der Waals surface area contributed by atoms with Crippen molar-refractivity contribution in [2.45, 2.75) is 13.3 Å². The molecular formula is C20H17Cl2N3O3. The summed E-state index contributed by atoms with van der Waals surface area (Å²) in [4.78, 5) is 28.6. The second kappa shape index (κ2) is 8.46. The van der Waals surface area contributed by atoms with Gasteiger partial charge in [-0.3, -0.25) is 9.59 Å². The predicted octanol–water partition coefficient (Wildman–Crippen LogP) is 5.15. The van der Waals surface area contributed by atoms with Crippen molar-refractivity contribution in [1.82, 2.24) is 4.98 Å². The van der Waals surface area contributed by atoms with Gasteiger partial charge in [0.1, 0.15) is 10.9 Å². The van der Waals surface area contributed by atoms with Crippen LogP contribution in [0.25, 0.3) is 10.9 Å². The van der Waals surface area contributed by atoms with E-state index in [1.165, 1.54) is 0 Å². The summed E-state index contributed by atoms with van der Waals surface area (Å²) < 4.78 is 5.21. The average molecular weight is 418 g/mol. The molecular weight excluding hydrogens is 401 g/mol. The van der Waals surface area contributed by atoms with E-state index in [1.54, 1.807) is 56.5 Å². The van der Waals surface area contributed by atoms with Gasteiger partial charge in [-0.25, -0.2) is 4.98 Å². The van der Waals surface area contributed by atoms with Gasteiger partial charge in [-0.1, -0.05) is 30.1 Å². The van der Waals surface area contributed by atoms with Crippen molar-refractivity contribution in [3.63, 3.8) is 0 Å². The molecule has 2 amide bonds. The summed E-state index contributed by atoms with van der Waals surface area (Å²) in [6.45, 7) is 1.75. The van der Waals surface area contributed by atoms with E-state index in [-0.39, 0.29) is 16.6 Å². The van der Waals surface area contributed by atoms with Crippen LogP contribution in [0, 0.1) is 0 Å². The topological polar surface area (TPSA) is 80.3 Å². The normalized spacial score (nSPS) is 10.6. The van der Waals surface area contributed by atoms with Gasteiger partial charge in [-0.05, 0) is 42.5 Å². The molecule has 0 saturated heterocycles. The molecule has 0 spiro atoms. The Morgan fingerprint density at radius 3 is 2.57 bits per heavy atom. The molecule has 1 aromatic heterocycles. The van der Waals surface area contributed by atoms with Gasteiger partial charge in [0.2, 0.25) is 5.91 Å². The Hall–Kier alpha value is -2.83. The molecule has 0 saturated carbocycles. The first-order valence-electron chi connectivity index (χ1n) is 8.46. The molecule has 0 fully saturated rings. The Kier molecular flexibility index (Phi) is 6.02. The van der Waals surface area contributed by atoms with Crippen LogP contribution in [0.1, 0.15) is 23.7 Å². The van der Waals surface area contributed by atoms with E-state index in [2.05, 4.69) is 15.6 Å². The highest BCUT2D eigenvalue weighted by Crippen LogP contribution is 2.28. The minimum absolute atomic E-state index is 0.0710. The molecule has 6 nitrogen and oxygen atoms in total. The number of carbonyl (C=O) groups is 2. The van der Waals surface area contributed by atoms with Crippen molar-refractivity contribution in [2.24, 2.45) is 0 Å². The summed E-state index contributed by atoms with van der Waals surface area (Å²) in [5, 5.41) is 6.54. The van der Waals surface area contributed by atoms with Crippen LogP contribution < -0.4 is 15.4 Å². The van der Waals surface area contributed by atoms with Crippen molar-refractivity contribution in [3.8, 4) is 5.75 Å². The summed E-state index contributed by atoms with van der Waals surface area (Å²) in [5.74, 6) is 0.0313. The molecule has 28 heavy (non-hydrogen) atoms. The number of carbonyl (C=O) groups excluding carboxylic acids is 2. The van der Waals surface area contributed by atoms with Crippen molar-refractivity contribution in [2.75, 3.05) is 17.7 Å². The van der Waals surface area contributed by atoms with Gasteiger partial charge in [-0.2, -0.15) is 0 Å².